The van der Waals surface area contributed by atoms with Crippen LogP contribution in [0.2, 0.25) is 0 Å². The number of aryl methyl sites for hydroxylation is 4. The SMILES string of the molecule is Cc1ccc(C(=O)NCCNc2nc(C)nc3c2c(C)nn3-c2ccccc2C)cc1. The number of hydrogen-bond donors (Lipinski definition) is 2. The van der Waals surface area contributed by atoms with E-state index < -0.39 is 0 Å². The van der Waals surface area contributed by atoms with Gasteiger partial charge in [0.15, 0.2) is 5.65 Å². The highest BCUT2D eigenvalue weighted by molar-refractivity contribution is 5.94. The van der Waals surface area contributed by atoms with Crippen LogP contribution in [0.25, 0.3) is 16.7 Å². The third-order valence-corrected chi connectivity index (χ3v) is 5.17. The second kappa shape index (κ2) is 8.55. The monoisotopic (exact) mass is 414 g/mol. The minimum Gasteiger partial charge on any atom is -0.368 e. The smallest absolute Gasteiger partial charge is 0.251 e. The van der Waals surface area contributed by atoms with Crippen LogP contribution in [0.4, 0.5) is 5.82 Å². The molecule has 0 radical (unpaired) electrons. The van der Waals surface area contributed by atoms with Crippen molar-refractivity contribution in [2.24, 2.45) is 0 Å². The Bertz CT molecular complexity index is 1240. The van der Waals surface area contributed by atoms with Crippen LogP contribution in [-0.4, -0.2) is 38.7 Å². The molecule has 4 aromatic rings. The predicted molar refractivity (Wildman–Crippen MR) is 123 cm³/mol. The molecule has 0 unspecified atom stereocenters. The molecular formula is C24H26N6O. The summed E-state index contributed by atoms with van der Waals surface area (Å²) in [4.78, 5) is 21.5. The van der Waals surface area contributed by atoms with Gasteiger partial charge in [-0.15, -0.1) is 0 Å². The Labute approximate surface area is 181 Å². The number of benzene rings is 2. The van der Waals surface area contributed by atoms with Crippen molar-refractivity contribution in [3.05, 3.63) is 76.7 Å². The number of para-hydroxylation sites is 1. The topological polar surface area (TPSA) is 84.7 Å². The van der Waals surface area contributed by atoms with E-state index in [2.05, 4.69) is 33.6 Å². The highest BCUT2D eigenvalue weighted by Crippen LogP contribution is 2.27. The van der Waals surface area contributed by atoms with E-state index in [-0.39, 0.29) is 5.91 Å². The average Bonchev–Trinajstić information content (AvgIpc) is 3.07. The van der Waals surface area contributed by atoms with E-state index in [0.717, 1.165) is 39.4 Å². The fourth-order valence-electron chi connectivity index (χ4n) is 3.55. The van der Waals surface area contributed by atoms with Crippen molar-refractivity contribution in [1.82, 2.24) is 25.1 Å². The molecule has 4 rings (SSSR count). The summed E-state index contributed by atoms with van der Waals surface area (Å²) in [6, 6.07) is 15.6. The van der Waals surface area contributed by atoms with E-state index >= 15 is 0 Å². The number of carbonyl (C=O) groups excluding carboxylic acids is 1. The van der Waals surface area contributed by atoms with Crippen LogP contribution in [0.1, 0.15) is 33.0 Å². The first-order valence-corrected chi connectivity index (χ1v) is 10.3. The van der Waals surface area contributed by atoms with Crippen LogP contribution >= 0.6 is 0 Å². The second-order valence-electron chi connectivity index (χ2n) is 7.65. The number of carbonyl (C=O) groups is 1. The van der Waals surface area contributed by atoms with Crippen molar-refractivity contribution < 1.29 is 4.79 Å². The van der Waals surface area contributed by atoms with Gasteiger partial charge in [0.05, 0.1) is 16.8 Å². The molecule has 158 valence electrons. The highest BCUT2D eigenvalue weighted by Gasteiger charge is 2.17. The predicted octanol–water partition coefficient (Wildman–Crippen LogP) is 3.89. The van der Waals surface area contributed by atoms with Crippen LogP contribution in [-0.2, 0) is 0 Å². The van der Waals surface area contributed by atoms with Crippen molar-refractivity contribution in [2.75, 3.05) is 18.4 Å². The zero-order valence-corrected chi connectivity index (χ0v) is 18.2. The Kier molecular flexibility index (Phi) is 5.66. The Morgan fingerprint density at radius 2 is 1.68 bits per heavy atom. The quantitative estimate of drug-likeness (QED) is 0.468. The lowest BCUT2D eigenvalue weighted by molar-refractivity contribution is 0.0955. The number of rotatable bonds is 6. The number of fused-ring (bicyclic) bond motifs is 1. The van der Waals surface area contributed by atoms with Gasteiger partial charge in [0, 0.05) is 18.7 Å². The molecular weight excluding hydrogens is 388 g/mol. The van der Waals surface area contributed by atoms with Gasteiger partial charge < -0.3 is 10.6 Å². The number of aromatic nitrogens is 4. The molecule has 0 atom stereocenters. The summed E-state index contributed by atoms with van der Waals surface area (Å²) in [5, 5.41) is 11.9. The number of anilines is 1. The Morgan fingerprint density at radius 3 is 2.42 bits per heavy atom. The molecule has 2 heterocycles. The molecule has 0 spiro atoms. The van der Waals surface area contributed by atoms with Gasteiger partial charge in [0.25, 0.3) is 5.91 Å². The molecule has 0 fully saturated rings. The molecule has 0 aliphatic heterocycles. The maximum absolute atomic E-state index is 12.3. The summed E-state index contributed by atoms with van der Waals surface area (Å²) >= 11 is 0. The third kappa shape index (κ3) is 4.26. The van der Waals surface area contributed by atoms with Crippen LogP contribution in [0.3, 0.4) is 0 Å². The summed E-state index contributed by atoms with van der Waals surface area (Å²) in [6.45, 7) is 8.90. The van der Waals surface area contributed by atoms with Crippen molar-refractivity contribution in [2.45, 2.75) is 27.7 Å². The Balaban J connectivity index is 1.52. The van der Waals surface area contributed by atoms with Gasteiger partial charge in [0.1, 0.15) is 11.6 Å². The minimum absolute atomic E-state index is 0.0885. The van der Waals surface area contributed by atoms with Crippen molar-refractivity contribution >= 4 is 22.8 Å². The second-order valence-corrected chi connectivity index (χ2v) is 7.65. The lowest BCUT2D eigenvalue weighted by Crippen LogP contribution is -2.29. The fraction of sp³-hybridized carbons (Fsp3) is 0.250. The molecule has 7 nitrogen and oxygen atoms in total. The van der Waals surface area contributed by atoms with E-state index in [1.165, 1.54) is 0 Å². The molecule has 0 aliphatic carbocycles. The van der Waals surface area contributed by atoms with E-state index in [0.29, 0.717) is 24.5 Å². The van der Waals surface area contributed by atoms with Gasteiger partial charge in [-0.1, -0.05) is 35.9 Å². The largest absolute Gasteiger partial charge is 0.368 e. The number of nitrogens with one attached hydrogen (secondary N) is 2. The fourth-order valence-corrected chi connectivity index (χ4v) is 3.55. The highest BCUT2D eigenvalue weighted by atomic mass is 16.1. The lowest BCUT2D eigenvalue weighted by atomic mass is 10.1. The molecule has 0 aliphatic rings. The Hall–Kier alpha value is -3.74. The first kappa shape index (κ1) is 20.5. The van der Waals surface area contributed by atoms with Crippen LogP contribution in [0.15, 0.2) is 48.5 Å². The normalized spacial score (nSPS) is 11.0. The molecule has 0 bridgehead atoms. The molecule has 7 heteroatoms. The molecule has 1 amide bonds. The van der Waals surface area contributed by atoms with E-state index in [9.17, 15) is 4.79 Å². The van der Waals surface area contributed by atoms with E-state index in [4.69, 9.17) is 5.10 Å². The van der Waals surface area contributed by atoms with Gasteiger partial charge in [-0.3, -0.25) is 4.79 Å². The zero-order chi connectivity index (χ0) is 22.0. The average molecular weight is 415 g/mol. The number of amides is 1. The third-order valence-electron chi connectivity index (χ3n) is 5.17. The molecule has 0 saturated carbocycles. The van der Waals surface area contributed by atoms with Gasteiger partial charge in [0.2, 0.25) is 0 Å². The maximum Gasteiger partial charge on any atom is 0.251 e. The van der Waals surface area contributed by atoms with Gasteiger partial charge in [-0.05, 0) is 51.5 Å². The first-order valence-electron chi connectivity index (χ1n) is 10.3. The molecule has 31 heavy (non-hydrogen) atoms. The van der Waals surface area contributed by atoms with Crippen LogP contribution in [0, 0.1) is 27.7 Å². The van der Waals surface area contributed by atoms with Crippen LogP contribution in [0.5, 0.6) is 0 Å². The lowest BCUT2D eigenvalue weighted by Gasteiger charge is -2.10. The van der Waals surface area contributed by atoms with Gasteiger partial charge >= 0.3 is 0 Å². The summed E-state index contributed by atoms with van der Waals surface area (Å²) in [5.74, 6) is 1.30. The number of hydrogen-bond acceptors (Lipinski definition) is 5. The van der Waals surface area contributed by atoms with E-state index in [1.807, 2.05) is 67.9 Å². The Morgan fingerprint density at radius 1 is 0.935 bits per heavy atom. The van der Waals surface area contributed by atoms with Crippen molar-refractivity contribution in [3.8, 4) is 5.69 Å². The van der Waals surface area contributed by atoms with Gasteiger partial charge in [-0.25, -0.2) is 14.6 Å². The zero-order valence-electron chi connectivity index (χ0n) is 18.2. The van der Waals surface area contributed by atoms with Crippen LogP contribution < -0.4 is 10.6 Å². The summed E-state index contributed by atoms with van der Waals surface area (Å²) < 4.78 is 1.87. The molecule has 2 aromatic heterocycles. The standard InChI is InChI=1S/C24H26N6O/c1-15-9-11-19(12-10-15)24(31)26-14-13-25-22-21-17(3)29-30(23(21)28-18(4)27-22)20-8-6-5-7-16(20)2/h5-12H,13-14H2,1-4H3,(H,26,31)(H,25,27,28). The van der Waals surface area contributed by atoms with Crippen molar-refractivity contribution in [3.63, 3.8) is 0 Å². The minimum atomic E-state index is -0.0885. The van der Waals surface area contributed by atoms with E-state index in [1.54, 1.807) is 0 Å². The summed E-state index contributed by atoms with van der Waals surface area (Å²) in [6.07, 6.45) is 0. The number of nitrogens with zero attached hydrogens (tertiary/aromatic N) is 4. The maximum atomic E-state index is 12.3. The molecule has 2 aromatic carbocycles. The molecule has 0 saturated heterocycles. The summed E-state index contributed by atoms with van der Waals surface area (Å²) in [7, 11) is 0. The van der Waals surface area contributed by atoms with Gasteiger partial charge in [-0.2, -0.15) is 5.10 Å². The van der Waals surface area contributed by atoms with Crippen molar-refractivity contribution in [1.29, 1.82) is 0 Å². The first-order chi connectivity index (χ1) is 14.9. The summed E-state index contributed by atoms with van der Waals surface area (Å²) in [5.41, 5.74) is 5.52. The molecule has 2 N–H and O–H groups in total.